The molecule has 1 unspecified atom stereocenters. The molecule has 1 amide bonds. The van der Waals surface area contributed by atoms with Gasteiger partial charge < -0.3 is 15.6 Å². The van der Waals surface area contributed by atoms with E-state index in [-0.39, 0.29) is 13.0 Å². The lowest BCUT2D eigenvalue weighted by molar-refractivity contribution is -0.125. The number of aryl methyl sites for hydroxylation is 1. The van der Waals surface area contributed by atoms with Crippen molar-refractivity contribution in [3.8, 4) is 0 Å². The van der Waals surface area contributed by atoms with E-state index in [9.17, 15) is 9.90 Å². The van der Waals surface area contributed by atoms with Crippen LogP contribution in [0.5, 0.6) is 0 Å². The summed E-state index contributed by atoms with van der Waals surface area (Å²) in [5, 5.41) is 14.7. The first-order valence-corrected chi connectivity index (χ1v) is 6.83. The van der Waals surface area contributed by atoms with Crippen LogP contribution in [-0.4, -0.2) is 57.6 Å². The average Bonchev–Trinajstić information content (AvgIpc) is 2.73. The summed E-state index contributed by atoms with van der Waals surface area (Å²) in [5.41, 5.74) is 5.07. The molecule has 1 aliphatic heterocycles. The maximum absolute atomic E-state index is 11.1. The van der Waals surface area contributed by atoms with Crippen molar-refractivity contribution in [3.63, 3.8) is 0 Å². The van der Waals surface area contributed by atoms with Gasteiger partial charge in [-0.3, -0.25) is 14.4 Å². The molecule has 0 bridgehead atoms. The minimum absolute atomic E-state index is 0.0856. The molecule has 0 radical (unpaired) electrons. The number of hydrogen-bond acceptors (Lipinski definition) is 5. The highest BCUT2D eigenvalue weighted by Crippen LogP contribution is 2.18. The highest BCUT2D eigenvalue weighted by molar-refractivity contribution is 5.75. The van der Waals surface area contributed by atoms with Gasteiger partial charge in [0, 0.05) is 37.9 Å². The van der Waals surface area contributed by atoms with Crippen molar-refractivity contribution in [1.82, 2.24) is 14.7 Å². The molecule has 112 valence electrons. The Labute approximate surface area is 118 Å². The van der Waals surface area contributed by atoms with E-state index >= 15 is 0 Å². The molecule has 0 saturated carbocycles. The Kier molecular flexibility index (Phi) is 4.74. The van der Waals surface area contributed by atoms with Crippen molar-refractivity contribution in [2.45, 2.75) is 32.0 Å². The monoisotopic (exact) mass is 282 g/mol. The van der Waals surface area contributed by atoms with Gasteiger partial charge in [-0.1, -0.05) is 0 Å². The van der Waals surface area contributed by atoms with E-state index in [0.29, 0.717) is 26.2 Å². The lowest BCUT2D eigenvalue weighted by Crippen LogP contribution is -2.46. The Morgan fingerprint density at radius 1 is 1.65 bits per heavy atom. The van der Waals surface area contributed by atoms with Crippen molar-refractivity contribution < 1.29 is 14.6 Å². The fraction of sp³-hybridized carbons (Fsp3) is 0.692. The lowest BCUT2D eigenvalue weighted by atomic mass is 10.00. The third kappa shape index (κ3) is 4.03. The van der Waals surface area contributed by atoms with Crippen LogP contribution in [0.1, 0.15) is 18.9 Å². The first kappa shape index (κ1) is 15.0. The summed E-state index contributed by atoms with van der Waals surface area (Å²) in [6.45, 7) is 5.27. The van der Waals surface area contributed by atoms with Crippen molar-refractivity contribution in [1.29, 1.82) is 0 Å². The molecule has 1 aromatic heterocycles. The van der Waals surface area contributed by atoms with Gasteiger partial charge in [0.2, 0.25) is 5.91 Å². The molecule has 7 nitrogen and oxygen atoms in total. The molecular weight excluding hydrogens is 260 g/mol. The van der Waals surface area contributed by atoms with Crippen molar-refractivity contribution >= 4 is 5.91 Å². The van der Waals surface area contributed by atoms with E-state index in [4.69, 9.17) is 10.5 Å². The number of primary amides is 1. The average molecular weight is 282 g/mol. The van der Waals surface area contributed by atoms with Gasteiger partial charge in [-0.15, -0.1) is 0 Å². The second kappa shape index (κ2) is 6.34. The van der Waals surface area contributed by atoms with Gasteiger partial charge in [0.1, 0.15) is 5.60 Å². The molecule has 2 heterocycles. The van der Waals surface area contributed by atoms with E-state index in [0.717, 1.165) is 12.1 Å². The Morgan fingerprint density at radius 3 is 3.10 bits per heavy atom. The van der Waals surface area contributed by atoms with Crippen molar-refractivity contribution in [2.75, 3.05) is 26.3 Å². The predicted octanol–water partition coefficient (Wildman–Crippen LogP) is -0.658. The summed E-state index contributed by atoms with van der Waals surface area (Å²) in [5.74, 6) is -0.517. The second-order valence-corrected chi connectivity index (χ2v) is 5.33. The Bertz CT molecular complexity index is 462. The highest BCUT2D eigenvalue weighted by atomic mass is 16.5. The summed E-state index contributed by atoms with van der Waals surface area (Å²) in [6.07, 6.45) is 3.72. The number of β-amino-alcohol motifs (C(OH)–C–C–N with tert-alkyl or cyclic N) is 1. The molecule has 3 N–H and O–H groups in total. The zero-order valence-corrected chi connectivity index (χ0v) is 11.8. The molecule has 1 saturated heterocycles. The molecule has 2 rings (SSSR count). The molecule has 20 heavy (non-hydrogen) atoms. The maximum Gasteiger partial charge on any atom is 0.220 e. The summed E-state index contributed by atoms with van der Waals surface area (Å²) >= 11 is 0. The fourth-order valence-electron chi connectivity index (χ4n) is 2.48. The number of nitrogens with zero attached hydrogens (tertiary/aromatic N) is 3. The van der Waals surface area contributed by atoms with Crippen molar-refractivity contribution in [2.24, 2.45) is 5.73 Å². The summed E-state index contributed by atoms with van der Waals surface area (Å²) in [4.78, 5) is 13.1. The number of carbonyl (C=O) groups is 1. The van der Waals surface area contributed by atoms with E-state index < -0.39 is 11.5 Å². The Balaban J connectivity index is 2.01. The maximum atomic E-state index is 11.1. The van der Waals surface area contributed by atoms with Gasteiger partial charge in [-0.2, -0.15) is 5.10 Å². The standard InChI is InChI=1S/C13H22N4O3/c1-2-17-8-11(6-15-17)7-16-3-4-20-10-13(19,9-16)5-12(14)18/h6,8,19H,2-5,7,9-10H2,1H3,(H2,14,18). The van der Waals surface area contributed by atoms with Gasteiger partial charge in [-0.25, -0.2) is 0 Å². The normalized spacial score (nSPS) is 24.5. The van der Waals surface area contributed by atoms with Crippen molar-refractivity contribution in [3.05, 3.63) is 18.0 Å². The Hall–Kier alpha value is -1.44. The topological polar surface area (TPSA) is 93.6 Å². The van der Waals surface area contributed by atoms with Crippen LogP contribution >= 0.6 is 0 Å². The minimum Gasteiger partial charge on any atom is -0.386 e. The summed E-state index contributed by atoms with van der Waals surface area (Å²) in [6, 6.07) is 0. The number of rotatable bonds is 5. The van der Waals surface area contributed by atoms with E-state index in [2.05, 4.69) is 10.00 Å². The number of nitrogens with two attached hydrogens (primary N) is 1. The quantitative estimate of drug-likeness (QED) is 0.748. The molecule has 0 aliphatic carbocycles. The van der Waals surface area contributed by atoms with Gasteiger partial charge in [0.15, 0.2) is 0 Å². The summed E-state index contributed by atoms with van der Waals surface area (Å²) in [7, 11) is 0. The molecule has 1 aromatic rings. The van der Waals surface area contributed by atoms with E-state index in [1.807, 2.05) is 24.0 Å². The van der Waals surface area contributed by atoms with E-state index in [1.54, 1.807) is 0 Å². The van der Waals surface area contributed by atoms with Crippen LogP contribution < -0.4 is 5.73 Å². The van der Waals surface area contributed by atoms with Gasteiger partial charge >= 0.3 is 0 Å². The minimum atomic E-state index is -1.21. The van der Waals surface area contributed by atoms with E-state index in [1.165, 1.54) is 0 Å². The lowest BCUT2D eigenvalue weighted by Gasteiger charge is -2.29. The number of aromatic nitrogens is 2. The number of aliphatic hydroxyl groups is 1. The van der Waals surface area contributed by atoms with Crippen LogP contribution in [0, 0.1) is 0 Å². The second-order valence-electron chi connectivity index (χ2n) is 5.33. The third-order valence-electron chi connectivity index (χ3n) is 3.36. The predicted molar refractivity (Wildman–Crippen MR) is 72.8 cm³/mol. The van der Waals surface area contributed by atoms with Gasteiger partial charge in [0.05, 0.1) is 25.8 Å². The first-order chi connectivity index (χ1) is 9.50. The molecule has 0 aromatic carbocycles. The Morgan fingerprint density at radius 2 is 2.45 bits per heavy atom. The van der Waals surface area contributed by atoms with Crippen LogP contribution in [0.2, 0.25) is 0 Å². The zero-order valence-electron chi connectivity index (χ0n) is 11.8. The van der Waals surface area contributed by atoms with Crippen LogP contribution in [0.25, 0.3) is 0 Å². The number of hydrogen-bond donors (Lipinski definition) is 2. The summed E-state index contributed by atoms with van der Waals surface area (Å²) < 4.78 is 7.25. The smallest absolute Gasteiger partial charge is 0.220 e. The molecule has 0 spiro atoms. The van der Waals surface area contributed by atoms with Crippen LogP contribution in [0.4, 0.5) is 0 Å². The van der Waals surface area contributed by atoms with Crippen LogP contribution in [0.3, 0.4) is 0 Å². The SMILES string of the molecule is CCn1cc(CN2CCOCC(O)(CC(N)=O)C2)cn1. The number of carbonyl (C=O) groups excluding carboxylic acids is 1. The van der Waals surface area contributed by atoms with Crippen LogP contribution in [-0.2, 0) is 22.6 Å². The third-order valence-corrected chi connectivity index (χ3v) is 3.36. The molecular formula is C13H22N4O3. The highest BCUT2D eigenvalue weighted by Gasteiger charge is 2.34. The molecule has 1 fully saturated rings. The largest absolute Gasteiger partial charge is 0.386 e. The first-order valence-electron chi connectivity index (χ1n) is 6.83. The number of amides is 1. The number of ether oxygens (including phenoxy) is 1. The van der Waals surface area contributed by atoms with Gasteiger partial charge in [0.25, 0.3) is 0 Å². The molecule has 7 heteroatoms. The fourth-order valence-corrected chi connectivity index (χ4v) is 2.48. The molecule has 1 atom stereocenters. The van der Waals surface area contributed by atoms with Crippen LogP contribution in [0.15, 0.2) is 12.4 Å². The molecule has 1 aliphatic rings. The zero-order chi connectivity index (χ0) is 14.6. The van der Waals surface area contributed by atoms with Gasteiger partial charge in [-0.05, 0) is 6.92 Å².